The minimum atomic E-state index is -3.38. The molecule has 2 aliphatic rings. The number of rotatable bonds is 12. The largest absolute Gasteiger partial charge is 0.384 e. The van der Waals surface area contributed by atoms with Crippen molar-refractivity contribution in [3.63, 3.8) is 0 Å². The molecule has 6 heteroatoms. The molecule has 0 amide bonds. The van der Waals surface area contributed by atoms with Gasteiger partial charge in [0.05, 0.1) is 12.4 Å². The van der Waals surface area contributed by atoms with E-state index in [9.17, 15) is 8.42 Å². The first kappa shape index (κ1) is 23.6. The third kappa shape index (κ3) is 6.21. The molecule has 0 aromatic heterocycles. The predicted molar refractivity (Wildman–Crippen MR) is 125 cm³/mol. The van der Waals surface area contributed by atoms with Crippen molar-refractivity contribution in [2.24, 2.45) is 0 Å². The van der Waals surface area contributed by atoms with E-state index in [1.54, 1.807) is 0 Å². The van der Waals surface area contributed by atoms with Crippen LogP contribution in [0.4, 0.5) is 5.69 Å². The van der Waals surface area contributed by atoms with Crippen LogP contribution in [0.5, 0.6) is 0 Å². The molecule has 1 heterocycles. The van der Waals surface area contributed by atoms with E-state index < -0.39 is 10.0 Å². The normalized spacial score (nSPS) is 24.7. The van der Waals surface area contributed by atoms with E-state index in [1.807, 2.05) is 12.1 Å². The monoisotopic (exact) mass is 436 g/mol. The number of anilines is 1. The minimum absolute atomic E-state index is 0.0197. The van der Waals surface area contributed by atoms with Crippen molar-refractivity contribution in [1.29, 1.82) is 0 Å². The molecule has 1 N–H and O–H groups in total. The van der Waals surface area contributed by atoms with Gasteiger partial charge in [-0.15, -0.1) is 0 Å². The second kappa shape index (κ2) is 11.0. The summed E-state index contributed by atoms with van der Waals surface area (Å²) in [5.41, 5.74) is 2.19. The van der Waals surface area contributed by atoms with E-state index in [1.165, 1.54) is 90.0 Å². The van der Waals surface area contributed by atoms with Gasteiger partial charge in [-0.2, -0.15) is 0 Å². The number of ether oxygens (including phenoxy) is 1. The summed E-state index contributed by atoms with van der Waals surface area (Å²) in [6.45, 7) is 4.88. The second-order valence-electron chi connectivity index (χ2n) is 9.23. The zero-order valence-corrected chi connectivity index (χ0v) is 19.7. The van der Waals surface area contributed by atoms with Crippen LogP contribution in [0.1, 0.15) is 76.7 Å². The average molecular weight is 437 g/mol. The van der Waals surface area contributed by atoms with Crippen LogP contribution in [0.3, 0.4) is 0 Å². The van der Waals surface area contributed by atoms with Gasteiger partial charge in [-0.25, -0.2) is 8.42 Å². The third-order valence-electron chi connectivity index (χ3n) is 7.07. The van der Waals surface area contributed by atoms with Gasteiger partial charge in [0, 0.05) is 18.8 Å². The van der Waals surface area contributed by atoms with Crippen molar-refractivity contribution in [2.75, 3.05) is 37.3 Å². The maximum Gasteiger partial charge on any atom is 0.234 e. The number of unbranched alkanes of at least 4 members (excludes halogenated alkanes) is 4. The number of fused-ring (bicyclic) bond motifs is 2. The van der Waals surface area contributed by atoms with Gasteiger partial charge in [0.1, 0.15) is 0 Å². The average Bonchev–Trinajstić information content (AvgIpc) is 2.74. The van der Waals surface area contributed by atoms with Crippen LogP contribution in [-0.4, -0.2) is 51.9 Å². The summed E-state index contributed by atoms with van der Waals surface area (Å²) in [5, 5.41) is 0. The predicted octanol–water partition coefficient (Wildman–Crippen LogP) is 4.93. The van der Waals surface area contributed by atoms with Crippen LogP contribution in [0.2, 0.25) is 0 Å². The fraction of sp³-hybridized carbons (Fsp3) is 0.750. The Morgan fingerprint density at radius 1 is 1.20 bits per heavy atom. The molecule has 1 aliphatic carbocycles. The van der Waals surface area contributed by atoms with Gasteiger partial charge >= 0.3 is 0 Å². The summed E-state index contributed by atoms with van der Waals surface area (Å²) in [6.07, 6.45) is 12.9. The summed E-state index contributed by atoms with van der Waals surface area (Å²) in [5.74, 6) is -0.0197. The molecule has 1 aliphatic heterocycles. The van der Waals surface area contributed by atoms with Crippen LogP contribution in [0, 0.1) is 0 Å². The van der Waals surface area contributed by atoms with Gasteiger partial charge in [-0.05, 0) is 68.3 Å². The van der Waals surface area contributed by atoms with Gasteiger partial charge in [-0.3, -0.25) is 4.72 Å². The quantitative estimate of drug-likeness (QED) is 0.472. The van der Waals surface area contributed by atoms with Gasteiger partial charge in [0.2, 0.25) is 10.0 Å². The molecule has 1 aromatic carbocycles. The van der Waals surface area contributed by atoms with Crippen molar-refractivity contribution in [3.05, 3.63) is 29.8 Å². The minimum Gasteiger partial charge on any atom is -0.384 e. The summed E-state index contributed by atoms with van der Waals surface area (Å²) in [4.78, 5) is 2.74. The van der Waals surface area contributed by atoms with E-state index >= 15 is 0 Å². The van der Waals surface area contributed by atoms with Crippen LogP contribution >= 0.6 is 0 Å². The van der Waals surface area contributed by atoms with Crippen LogP contribution in [0.25, 0.3) is 0 Å². The summed E-state index contributed by atoms with van der Waals surface area (Å²) in [6, 6.07) is 8.82. The van der Waals surface area contributed by atoms with Gasteiger partial charge < -0.3 is 9.64 Å². The Bertz CT molecular complexity index is 767. The topological polar surface area (TPSA) is 58.6 Å². The molecule has 2 fully saturated rings. The Balaban J connectivity index is 1.63. The first-order chi connectivity index (χ1) is 14.5. The molecule has 2 atom stereocenters. The van der Waals surface area contributed by atoms with Crippen molar-refractivity contribution in [3.8, 4) is 0 Å². The highest BCUT2D eigenvalue weighted by Crippen LogP contribution is 2.47. The number of benzene rings is 1. The lowest BCUT2D eigenvalue weighted by atomic mass is 9.63. The smallest absolute Gasteiger partial charge is 0.234 e. The Morgan fingerprint density at radius 3 is 2.83 bits per heavy atom. The van der Waals surface area contributed by atoms with Crippen LogP contribution in [-0.2, 0) is 20.2 Å². The number of hydrogen-bond acceptors (Lipinski definition) is 4. The van der Waals surface area contributed by atoms with Gasteiger partial charge in [0.25, 0.3) is 0 Å². The first-order valence-corrected chi connectivity index (χ1v) is 13.5. The molecule has 2 unspecified atom stereocenters. The van der Waals surface area contributed by atoms with E-state index in [2.05, 4.69) is 28.7 Å². The number of piperidine rings is 1. The molecular weight excluding hydrogens is 396 g/mol. The Labute approximate surface area is 183 Å². The summed E-state index contributed by atoms with van der Waals surface area (Å²) in [7, 11) is -1.86. The molecule has 170 valence electrons. The fourth-order valence-corrected chi connectivity index (χ4v) is 6.34. The molecule has 0 radical (unpaired) electrons. The molecule has 1 saturated heterocycles. The number of nitrogens with zero attached hydrogens (tertiary/aromatic N) is 1. The zero-order valence-electron chi connectivity index (χ0n) is 18.9. The first-order valence-electron chi connectivity index (χ1n) is 11.8. The van der Waals surface area contributed by atoms with Crippen LogP contribution in [0.15, 0.2) is 24.3 Å². The van der Waals surface area contributed by atoms with Crippen molar-refractivity contribution < 1.29 is 13.2 Å². The highest BCUT2D eigenvalue weighted by atomic mass is 32.2. The molecule has 3 rings (SSSR count). The Hall–Kier alpha value is -1.11. The van der Waals surface area contributed by atoms with Crippen LogP contribution < -0.4 is 4.72 Å². The van der Waals surface area contributed by atoms with Gasteiger partial charge in [0.15, 0.2) is 0 Å². The standard InChI is InChI=1S/C24H40N2O3S/c1-3-4-5-6-7-15-26-16-14-24(13-9-12-23(26)20-24)21-10-8-11-22(19-21)25-30(27,28)18-17-29-2/h8,10-11,19,23,25H,3-7,9,12-18,20H2,1-2H3. The molecule has 30 heavy (non-hydrogen) atoms. The highest BCUT2D eigenvalue weighted by molar-refractivity contribution is 7.92. The van der Waals surface area contributed by atoms with Crippen molar-refractivity contribution in [1.82, 2.24) is 4.90 Å². The number of nitrogens with one attached hydrogen (secondary N) is 1. The number of hydrogen-bond donors (Lipinski definition) is 1. The number of likely N-dealkylation sites (tertiary alicyclic amines) is 1. The van der Waals surface area contributed by atoms with E-state index in [-0.39, 0.29) is 17.8 Å². The third-order valence-corrected chi connectivity index (χ3v) is 8.32. The van der Waals surface area contributed by atoms with E-state index in [0.717, 1.165) is 0 Å². The summed E-state index contributed by atoms with van der Waals surface area (Å²) >= 11 is 0. The highest BCUT2D eigenvalue weighted by Gasteiger charge is 2.43. The lowest BCUT2D eigenvalue weighted by Crippen LogP contribution is -2.51. The zero-order chi connectivity index (χ0) is 21.5. The van der Waals surface area contributed by atoms with Gasteiger partial charge in [-0.1, -0.05) is 51.2 Å². The molecule has 2 bridgehead atoms. The Kier molecular flexibility index (Phi) is 8.61. The maximum atomic E-state index is 12.3. The van der Waals surface area contributed by atoms with E-state index in [0.29, 0.717) is 11.7 Å². The molecule has 1 aromatic rings. The molecule has 5 nitrogen and oxygen atoms in total. The fourth-order valence-electron chi connectivity index (χ4n) is 5.37. The van der Waals surface area contributed by atoms with E-state index in [4.69, 9.17) is 4.74 Å². The summed E-state index contributed by atoms with van der Waals surface area (Å²) < 4.78 is 32.2. The lowest BCUT2D eigenvalue weighted by molar-refractivity contribution is 0.0504. The van der Waals surface area contributed by atoms with Crippen molar-refractivity contribution >= 4 is 15.7 Å². The van der Waals surface area contributed by atoms with Crippen molar-refractivity contribution in [2.45, 2.75) is 82.6 Å². The number of methoxy groups -OCH3 is 1. The second-order valence-corrected chi connectivity index (χ2v) is 11.1. The Morgan fingerprint density at radius 2 is 2.03 bits per heavy atom. The molecule has 1 saturated carbocycles. The lowest BCUT2D eigenvalue weighted by Gasteiger charge is -2.51. The maximum absolute atomic E-state index is 12.3. The molecular formula is C24H40N2O3S. The SMILES string of the molecule is CCCCCCCN1CCC2(c3cccc(NS(=O)(=O)CCOC)c3)CCCC1C2. The molecule has 0 spiro atoms. The number of sulfonamides is 1.